The largest absolute Gasteiger partial charge is 0.350 e. The van der Waals surface area contributed by atoms with Crippen LogP contribution in [0, 0.1) is 17.1 Å². The van der Waals surface area contributed by atoms with Gasteiger partial charge in [0.2, 0.25) is 5.95 Å². The standard InChI is InChI=1S/C24H22ClFN6O2.ClH/c1-30(2)32-23(34)19-14-31(22(33)18-8-5-16(12-27)11-20(18)26)10-9-21(19)29-24(32)28-13-15-3-6-17(25)7-4-15;/h3-8,11H,9-10,13-14H2,1-2H3,(H,28,29);1H. The lowest BCUT2D eigenvalue weighted by Gasteiger charge is -2.30. The van der Waals surface area contributed by atoms with Crippen molar-refractivity contribution in [3.05, 3.63) is 91.6 Å². The molecular formula is C24H23Cl2FN6O2. The third-order valence-electron chi connectivity index (χ3n) is 5.59. The number of nitriles is 1. The maximum Gasteiger partial charge on any atom is 0.278 e. The second-order valence-electron chi connectivity index (χ2n) is 8.09. The molecule has 3 aromatic rings. The molecule has 1 aromatic heterocycles. The number of benzene rings is 2. The van der Waals surface area contributed by atoms with Crippen molar-refractivity contribution in [1.82, 2.24) is 14.6 Å². The molecule has 2 aromatic carbocycles. The number of anilines is 1. The van der Waals surface area contributed by atoms with Crippen molar-refractivity contribution in [3.63, 3.8) is 0 Å². The van der Waals surface area contributed by atoms with E-state index in [-0.39, 0.29) is 35.6 Å². The minimum absolute atomic E-state index is 0. The highest BCUT2D eigenvalue weighted by Crippen LogP contribution is 2.21. The van der Waals surface area contributed by atoms with Gasteiger partial charge >= 0.3 is 0 Å². The summed E-state index contributed by atoms with van der Waals surface area (Å²) in [5.41, 5.74) is 1.67. The average Bonchev–Trinajstić information content (AvgIpc) is 2.82. The first-order chi connectivity index (χ1) is 16.3. The third kappa shape index (κ3) is 5.39. The van der Waals surface area contributed by atoms with E-state index in [0.29, 0.717) is 41.7 Å². The molecule has 0 saturated heterocycles. The molecule has 1 N–H and O–H groups in total. The van der Waals surface area contributed by atoms with Gasteiger partial charge in [-0.3, -0.25) is 9.59 Å². The number of rotatable bonds is 5. The number of hydrogen-bond donors (Lipinski definition) is 1. The van der Waals surface area contributed by atoms with E-state index < -0.39 is 11.7 Å². The van der Waals surface area contributed by atoms with Gasteiger partial charge in [0.05, 0.1) is 35.0 Å². The Morgan fingerprint density at radius 3 is 2.60 bits per heavy atom. The Morgan fingerprint density at radius 1 is 1.26 bits per heavy atom. The van der Waals surface area contributed by atoms with Gasteiger partial charge in [-0.25, -0.2) is 9.37 Å². The SMILES string of the molecule is CN(C)n1c(NCc2ccc(Cl)cc2)nc2c(c1=O)CN(C(=O)c1ccc(C#N)cc1F)CC2.Cl. The van der Waals surface area contributed by atoms with Gasteiger partial charge < -0.3 is 15.2 Å². The number of carbonyl (C=O) groups excluding carboxylic acids is 1. The number of amides is 1. The lowest BCUT2D eigenvalue weighted by atomic mass is 10.0. The van der Waals surface area contributed by atoms with Crippen LogP contribution in [0.25, 0.3) is 0 Å². The Balaban J connectivity index is 0.00000342. The molecule has 0 radical (unpaired) electrons. The van der Waals surface area contributed by atoms with E-state index in [2.05, 4.69) is 10.3 Å². The molecule has 0 aliphatic carbocycles. The predicted octanol–water partition coefficient (Wildman–Crippen LogP) is 3.34. The summed E-state index contributed by atoms with van der Waals surface area (Å²) >= 11 is 5.94. The monoisotopic (exact) mass is 516 g/mol. The summed E-state index contributed by atoms with van der Waals surface area (Å²) in [7, 11) is 3.45. The molecule has 1 aliphatic heterocycles. The van der Waals surface area contributed by atoms with E-state index in [1.165, 1.54) is 21.7 Å². The molecule has 0 bridgehead atoms. The zero-order valence-electron chi connectivity index (χ0n) is 19.1. The highest BCUT2D eigenvalue weighted by atomic mass is 35.5. The number of fused-ring (bicyclic) bond motifs is 1. The van der Waals surface area contributed by atoms with Gasteiger partial charge in [0.1, 0.15) is 5.82 Å². The number of hydrogen-bond acceptors (Lipinski definition) is 6. The number of nitrogens with zero attached hydrogens (tertiary/aromatic N) is 5. The fourth-order valence-corrected chi connectivity index (χ4v) is 3.96. The third-order valence-corrected chi connectivity index (χ3v) is 5.84. The summed E-state index contributed by atoms with van der Waals surface area (Å²) in [6, 6.07) is 12.9. The topological polar surface area (TPSA) is 94.3 Å². The van der Waals surface area contributed by atoms with Gasteiger partial charge in [-0.1, -0.05) is 23.7 Å². The van der Waals surface area contributed by atoms with Crippen LogP contribution in [0.4, 0.5) is 10.3 Å². The highest BCUT2D eigenvalue weighted by Gasteiger charge is 2.28. The minimum Gasteiger partial charge on any atom is -0.350 e. The quantitative estimate of drug-likeness (QED) is 0.558. The van der Waals surface area contributed by atoms with Crippen LogP contribution in [0.15, 0.2) is 47.3 Å². The lowest BCUT2D eigenvalue weighted by molar-refractivity contribution is 0.0727. The maximum atomic E-state index is 14.4. The van der Waals surface area contributed by atoms with Gasteiger partial charge in [0.25, 0.3) is 11.5 Å². The molecule has 1 amide bonds. The second-order valence-corrected chi connectivity index (χ2v) is 8.52. The van der Waals surface area contributed by atoms with Crippen molar-refractivity contribution in [2.75, 3.05) is 31.0 Å². The molecule has 0 spiro atoms. The molecule has 35 heavy (non-hydrogen) atoms. The summed E-state index contributed by atoms with van der Waals surface area (Å²) < 4.78 is 15.8. The van der Waals surface area contributed by atoms with Crippen molar-refractivity contribution < 1.29 is 9.18 Å². The van der Waals surface area contributed by atoms with Crippen LogP contribution < -0.4 is 15.9 Å². The van der Waals surface area contributed by atoms with Crippen molar-refractivity contribution in [1.29, 1.82) is 5.26 Å². The number of nitrogens with one attached hydrogen (secondary N) is 1. The van der Waals surface area contributed by atoms with Crippen LogP contribution in [0.5, 0.6) is 0 Å². The van der Waals surface area contributed by atoms with Crippen LogP contribution in [-0.4, -0.2) is 41.1 Å². The van der Waals surface area contributed by atoms with Gasteiger partial charge in [0, 0.05) is 38.6 Å². The van der Waals surface area contributed by atoms with Gasteiger partial charge in [-0.05, 0) is 35.9 Å². The zero-order valence-corrected chi connectivity index (χ0v) is 20.7. The van der Waals surface area contributed by atoms with E-state index in [0.717, 1.165) is 11.6 Å². The Morgan fingerprint density at radius 2 is 1.97 bits per heavy atom. The van der Waals surface area contributed by atoms with Crippen LogP contribution in [0.3, 0.4) is 0 Å². The molecule has 182 valence electrons. The van der Waals surface area contributed by atoms with Crippen molar-refractivity contribution >= 4 is 35.9 Å². The fourth-order valence-electron chi connectivity index (χ4n) is 3.84. The summed E-state index contributed by atoms with van der Waals surface area (Å²) in [5, 5.41) is 14.4. The van der Waals surface area contributed by atoms with Gasteiger partial charge in [-0.15, -0.1) is 12.4 Å². The fraction of sp³-hybridized carbons (Fsp3) is 0.250. The Kier molecular flexibility index (Phi) is 7.99. The molecule has 0 saturated carbocycles. The first-order valence-corrected chi connectivity index (χ1v) is 11.0. The van der Waals surface area contributed by atoms with Crippen LogP contribution in [-0.2, 0) is 19.5 Å². The maximum absolute atomic E-state index is 14.4. The molecule has 8 nitrogen and oxygen atoms in total. The normalized spacial score (nSPS) is 12.3. The zero-order chi connectivity index (χ0) is 24.4. The van der Waals surface area contributed by atoms with Crippen LogP contribution in [0.2, 0.25) is 5.02 Å². The summed E-state index contributed by atoms with van der Waals surface area (Å²) in [6.45, 7) is 0.754. The van der Waals surface area contributed by atoms with Crippen molar-refractivity contribution in [2.24, 2.45) is 0 Å². The van der Waals surface area contributed by atoms with Crippen LogP contribution in [0.1, 0.15) is 32.7 Å². The van der Waals surface area contributed by atoms with E-state index in [9.17, 15) is 14.0 Å². The Hall–Kier alpha value is -3.61. The number of aromatic nitrogens is 2. The molecule has 2 heterocycles. The van der Waals surface area contributed by atoms with Gasteiger partial charge in [-0.2, -0.15) is 9.94 Å². The molecule has 4 rings (SSSR count). The van der Waals surface area contributed by atoms with E-state index in [1.807, 2.05) is 18.2 Å². The Labute approximate surface area is 212 Å². The van der Waals surface area contributed by atoms with E-state index in [4.69, 9.17) is 16.9 Å². The number of carbonyl (C=O) groups is 1. The summed E-state index contributed by atoms with van der Waals surface area (Å²) in [4.78, 5) is 32.4. The average molecular weight is 517 g/mol. The highest BCUT2D eigenvalue weighted by molar-refractivity contribution is 6.30. The number of halogens is 3. The molecular weight excluding hydrogens is 494 g/mol. The smallest absolute Gasteiger partial charge is 0.278 e. The molecule has 1 aliphatic rings. The van der Waals surface area contributed by atoms with Crippen molar-refractivity contribution in [2.45, 2.75) is 19.5 Å². The molecule has 0 atom stereocenters. The van der Waals surface area contributed by atoms with Crippen molar-refractivity contribution in [3.8, 4) is 6.07 Å². The van der Waals surface area contributed by atoms with Gasteiger partial charge in [0.15, 0.2) is 0 Å². The Bertz CT molecular complexity index is 1350. The summed E-state index contributed by atoms with van der Waals surface area (Å²) in [6.07, 6.45) is 0.359. The molecule has 0 unspecified atom stereocenters. The second kappa shape index (κ2) is 10.8. The minimum atomic E-state index is -0.763. The van der Waals surface area contributed by atoms with E-state index >= 15 is 0 Å². The van der Waals surface area contributed by atoms with E-state index in [1.54, 1.807) is 31.2 Å². The molecule has 11 heteroatoms. The first kappa shape index (κ1) is 26.0. The van der Waals surface area contributed by atoms with Crippen LogP contribution >= 0.6 is 24.0 Å². The molecule has 0 fully saturated rings. The summed E-state index contributed by atoms with van der Waals surface area (Å²) in [5.74, 6) is -0.907. The first-order valence-electron chi connectivity index (χ1n) is 10.6. The lowest BCUT2D eigenvalue weighted by Crippen LogP contribution is -2.45. The predicted molar refractivity (Wildman–Crippen MR) is 134 cm³/mol.